The van der Waals surface area contributed by atoms with Crippen LogP contribution >= 0.6 is 0 Å². The number of ether oxygens (including phenoxy) is 1. The van der Waals surface area contributed by atoms with Crippen molar-refractivity contribution in [1.29, 1.82) is 0 Å². The van der Waals surface area contributed by atoms with Gasteiger partial charge in [0, 0.05) is 0 Å². The molecule has 0 unspecified atom stereocenters. The third-order valence-corrected chi connectivity index (χ3v) is 2.68. The summed E-state index contributed by atoms with van der Waals surface area (Å²) in [5.74, 6) is 0. The molecule has 0 spiro atoms. The van der Waals surface area contributed by atoms with Gasteiger partial charge in [0.05, 0.1) is 12.1 Å². The molecule has 1 saturated carbocycles. The van der Waals surface area contributed by atoms with Crippen molar-refractivity contribution in [2.45, 2.75) is 70.6 Å². The molecule has 1 aliphatic carbocycles. The van der Waals surface area contributed by atoms with Gasteiger partial charge in [-0.15, -0.1) is 0 Å². The second-order valence-corrected chi connectivity index (χ2v) is 5.46. The van der Waals surface area contributed by atoms with E-state index >= 15 is 0 Å². The molecule has 4 heteroatoms. The van der Waals surface area contributed by atoms with Gasteiger partial charge in [0.25, 0.3) is 0 Å². The van der Waals surface area contributed by atoms with Gasteiger partial charge >= 0.3 is 6.09 Å². The molecular formula is C12H23NO3. The number of rotatable bonds is 1. The summed E-state index contributed by atoms with van der Waals surface area (Å²) >= 11 is 0. The van der Waals surface area contributed by atoms with Gasteiger partial charge in [-0.1, -0.05) is 19.3 Å². The van der Waals surface area contributed by atoms with Crippen molar-refractivity contribution < 1.29 is 14.6 Å². The molecule has 1 rings (SSSR count). The smallest absolute Gasteiger partial charge is 0.407 e. The Morgan fingerprint density at radius 2 is 1.88 bits per heavy atom. The first-order valence-corrected chi connectivity index (χ1v) is 6.06. The van der Waals surface area contributed by atoms with E-state index in [9.17, 15) is 9.90 Å². The first kappa shape index (κ1) is 13.3. The highest BCUT2D eigenvalue weighted by molar-refractivity contribution is 5.68. The molecule has 0 bridgehead atoms. The molecular weight excluding hydrogens is 206 g/mol. The van der Waals surface area contributed by atoms with E-state index in [2.05, 4.69) is 5.32 Å². The molecule has 0 aromatic heterocycles. The quantitative estimate of drug-likeness (QED) is 0.678. The van der Waals surface area contributed by atoms with Crippen LogP contribution in [0.3, 0.4) is 0 Å². The second kappa shape index (κ2) is 5.53. The maximum Gasteiger partial charge on any atom is 0.407 e. The maximum atomic E-state index is 11.5. The number of nitrogens with one attached hydrogen (secondary N) is 1. The number of carbonyl (C=O) groups is 1. The largest absolute Gasteiger partial charge is 0.444 e. The first-order chi connectivity index (χ1) is 7.38. The Morgan fingerprint density at radius 1 is 1.25 bits per heavy atom. The summed E-state index contributed by atoms with van der Waals surface area (Å²) in [6.07, 6.45) is 3.95. The van der Waals surface area contributed by atoms with Crippen molar-refractivity contribution in [3.8, 4) is 0 Å². The van der Waals surface area contributed by atoms with E-state index in [4.69, 9.17) is 4.74 Å². The van der Waals surface area contributed by atoms with Crippen molar-refractivity contribution >= 4 is 6.09 Å². The van der Waals surface area contributed by atoms with Gasteiger partial charge in [0.2, 0.25) is 0 Å². The predicted molar refractivity (Wildman–Crippen MR) is 62.2 cm³/mol. The zero-order valence-corrected chi connectivity index (χ0v) is 10.5. The summed E-state index contributed by atoms with van der Waals surface area (Å²) < 4.78 is 5.17. The third kappa shape index (κ3) is 4.84. The molecule has 2 N–H and O–H groups in total. The Balaban J connectivity index is 2.42. The molecule has 2 atom stereocenters. The monoisotopic (exact) mass is 229 g/mol. The Hall–Kier alpha value is -0.770. The van der Waals surface area contributed by atoms with Gasteiger partial charge in [-0.25, -0.2) is 4.79 Å². The molecule has 1 fully saturated rings. The fraction of sp³-hybridized carbons (Fsp3) is 0.917. The SMILES string of the molecule is CC(C)(C)OC(=O)N[C@H]1CCCCC[C@H]1O. The fourth-order valence-electron chi connectivity index (χ4n) is 1.92. The Kier molecular flexibility index (Phi) is 4.59. The van der Waals surface area contributed by atoms with Crippen LogP contribution in [-0.4, -0.2) is 28.9 Å². The number of hydrogen-bond acceptors (Lipinski definition) is 3. The highest BCUT2D eigenvalue weighted by atomic mass is 16.6. The van der Waals surface area contributed by atoms with Crippen LogP contribution < -0.4 is 5.32 Å². The van der Waals surface area contributed by atoms with Crippen molar-refractivity contribution in [1.82, 2.24) is 5.32 Å². The van der Waals surface area contributed by atoms with Gasteiger partial charge in [0.1, 0.15) is 5.60 Å². The average molecular weight is 229 g/mol. The summed E-state index contributed by atoms with van der Waals surface area (Å²) in [6.45, 7) is 5.49. The molecule has 0 aromatic rings. The van der Waals surface area contributed by atoms with Gasteiger partial charge in [-0.3, -0.25) is 0 Å². The molecule has 1 aliphatic rings. The van der Waals surface area contributed by atoms with Crippen LogP contribution in [0.5, 0.6) is 0 Å². The van der Waals surface area contributed by atoms with Crippen LogP contribution in [-0.2, 0) is 4.74 Å². The minimum absolute atomic E-state index is 0.155. The molecule has 0 saturated heterocycles. The van der Waals surface area contributed by atoms with E-state index in [-0.39, 0.29) is 6.04 Å². The highest BCUT2D eigenvalue weighted by Crippen LogP contribution is 2.18. The van der Waals surface area contributed by atoms with Crippen LogP contribution in [0, 0.1) is 0 Å². The van der Waals surface area contributed by atoms with E-state index in [1.165, 1.54) is 0 Å². The Labute approximate surface area is 97.4 Å². The second-order valence-electron chi connectivity index (χ2n) is 5.46. The fourth-order valence-corrected chi connectivity index (χ4v) is 1.92. The van der Waals surface area contributed by atoms with Gasteiger partial charge < -0.3 is 15.2 Å². The molecule has 0 aliphatic heterocycles. The third-order valence-electron chi connectivity index (χ3n) is 2.68. The number of carbonyl (C=O) groups excluding carboxylic acids is 1. The summed E-state index contributed by atoms with van der Waals surface area (Å²) in [7, 11) is 0. The average Bonchev–Trinajstić information content (AvgIpc) is 2.29. The summed E-state index contributed by atoms with van der Waals surface area (Å²) in [5.41, 5.74) is -0.486. The molecule has 94 valence electrons. The standard InChI is InChI=1S/C12H23NO3/c1-12(2,3)16-11(15)13-9-7-5-4-6-8-10(9)14/h9-10,14H,4-8H2,1-3H3,(H,13,15)/t9-,10+/m0/s1. The molecule has 0 aromatic carbocycles. The minimum Gasteiger partial charge on any atom is -0.444 e. The minimum atomic E-state index is -0.486. The summed E-state index contributed by atoms with van der Waals surface area (Å²) in [5, 5.41) is 12.6. The van der Waals surface area contributed by atoms with Crippen LogP contribution in [0.1, 0.15) is 52.9 Å². The van der Waals surface area contributed by atoms with E-state index in [0.29, 0.717) is 0 Å². The molecule has 0 heterocycles. The van der Waals surface area contributed by atoms with Crippen LogP contribution in [0.4, 0.5) is 4.79 Å². The molecule has 0 radical (unpaired) electrons. The number of aliphatic hydroxyl groups excluding tert-OH is 1. The van der Waals surface area contributed by atoms with Gasteiger partial charge in [-0.2, -0.15) is 0 Å². The van der Waals surface area contributed by atoms with E-state index < -0.39 is 17.8 Å². The van der Waals surface area contributed by atoms with Crippen molar-refractivity contribution in [2.75, 3.05) is 0 Å². The van der Waals surface area contributed by atoms with Gasteiger partial charge in [0.15, 0.2) is 0 Å². The normalized spacial score (nSPS) is 27.0. The van der Waals surface area contributed by atoms with Crippen LogP contribution in [0.15, 0.2) is 0 Å². The zero-order valence-electron chi connectivity index (χ0n) is 10.5. The lowest BCUT2D eigenvalue weighted by atomic mass is 10.1. The van der Waals surface area contributed by atoms with Crippen LogP contribution in [0.25, 0.3) is 0 Å². The first-order valence-electron chi connectivity index (χ1n) is 6.06. The van der Waals surface area contributed by atoms with Gasteiger partial charge in [-0.05, 0) is 33.6 Å². The zero-order chi connectivity index (χ0) is 12.2. The lowest BCUT2D eigenvalue weighted by Crippen LogP contribution is -2.44. The summed E-state index contributed by atoms with van der Waals surface area (Å²) in [6, 6.07) is -0.155. The number of alkyl carbamates (subject to hydrolysis) is 1. The lowest BCUT2D eigenvalue weighted by molar-refractivity contribution is 0.0415. The van der Waals surface area contributed by atoms with E-state index in [1.54, 1.807) is 0 Å². The van der Waals surface area contributed by atoms with Crippen molar-refractivity contribution in [3.63, 3.8) is 0 Å². The lowest BCUT2D eigenvalue weighted by Gasteiger charge is -2.25. The van der Waals surface area contributed by atoms with Crippen molar-refractivity contribution in [2.24, 2.45) is 0 Å². The van der Waals surface area contributed by atoms with Crippen molar-refractivity contribution in [3.05, 3.63) is 0 Å². The highest BCUT2D eigenvalue weighted by Gasteiger charge is 2.25. The number of hydrogen-bond donors (Lipinski definition) is 2. The number of amides is 1. The predicted octanol–water partition coefficient (Wildman–Crippen LogP) is 2.20. The van der Waals surface area contributed by atoms with E-state index in [0.717, 1.165) is 32.1 Å². The summed E-state index contributed by atoms with van der Waals surface area (Å²) in [4.78, 5) is 11.5. The van der Waals surface area contributed by atoms with E-state index in [1.807, 2.05) is 20.8 Å². The number of aliphatic hydroxyl groups is 1. The Morgan fingerprint density at radius 3 is 2.50 bits per heavy atom. The maximum absolute atomic E-state index is 11.5. The Bertz CT molecular complexity index is 235. The molecule has 4 nitrogen and oxygen atoms in total. The molecule has 1 amide bonds. The molecule has 16 heavy (non-hydrogen) atoms. The van der Waals surface area contributed by atoms with Crippen LogP contribution in [0.2, 0.25) is 0 Å². The topological polar surface area (TPSA) is 58.6 Å².